The molecular weight excluding hydrogens is 244 g/mol. The van der Waals surface area contributed by atoms with E-state index in [-0.39, 0.29) is 42.0 Å². The average molecular weight is 262 g/mol. The fourth-order valence-electron chi connectivity index (χ4n) is 2.21. The summed E-state index contributed by atoms with van der Waals surface area (Å²) in [5.41, 5.74) is 0. The number of hydrogen-bond acceptors (Lipinski definition) is 5. The summed E-state index contributed by atoms with van der Waals surface area (Å²) < 4.78 is 22.7. The van der Waals surface area contributed by atoms with Gasteiger partial charge in [-0.25, -0.2) is 8.42 Å². The van der Waals surface area contributed by atoms with Crippen LogP contribution in [0.3, 0.4) is 0 Å². The summed E-state index contributed by atoms with van der Waals surface area (Å²) in [4.78, 5) is 11.6. The first-order chi connectivity index (χ1) is 7.94. The van der Waals surface area contributed by atoms with E-state index >= 15 is 0 Å². The largest absolute Gasteiger partial charge is 0.393 e. The Morgan fingerprint density at radius 2 is 2.12 bits per heavy atom. The van der Waals surface area contributed by atoms with Crippen molar-refractivity contribution in [3.8, 4) is 0 Å². The van der Waals surface area contributed by atoms with Gasteiger partial charge in [0.2, 0.25) is 5.91 Å². The third-order valence-electron chi connectivity index (χ3n) is 3.21. The lowest BCUT2D eigenvalue weighted by Crippen LogP contribution is -2.51. The highest BCUT2D eigenvalue weighted by atomic mass is 32.2. The minimum absolute atomic E-state index is 0.0354. The highest BCUT2D eigenvalue weighted by Gasteiger charge is 2.30. The van der Waals surface area contributed by atoms with Crippen LogP contribution in [0, 0.1) is 0 Å². The first kappa shape index (κ1) is 12.8. The molecule has 1 aliphatic heterocycles. The molecule has 0 spiro atoms. The molecule has 2 rings (SSSR count). The molecule has 2 aliphatic rings. The molecule has 1 amide bonds. The van der Waals surface area contributed by atoms with Crippen molar-refractivity contribution in [1.29, 1.82) is 0 Å². The molecule has 1 saturated carbocycles. The molecule has 7 heteroatoms. The van der Waals surface area contributed by atoms with Crippen molar-refractivity contribution in [2.24, 2.45) is 0 Å². The minimum Gasteiger partial charge on any atom is -0.393 e. The molecule has 1 heterocycles. The monoisotopic (exact) mass is 262 g/mol. The zero-order valence-electron chi connectivity index (χ0n) is 9.55. The second-order valence-electron chi connectivity index (χ2n) is 4.86. The van der Waals surface area contributed by atoms with E-state index in [1.807, 2.05) is 0 Å². The van der Waals surface area contributed by atoms with Gasteiger partial charge in [0.05, 0.1) is 17.6 Å². The standard InChI is InChI=1S/C10H18N2O4S/c13-9-3-7(4-9)12-10(14)5-8-6-17(15,16)2-1-11-8/h7-9,11,13H,1-6H2,(H,12,14). The Kier molecular flexibility index (Phi) is 3.70. The molecule has 1 aliphatic carbocycles. The van der Waals surface area contributed by atoms with Crippen LogP contribution >= 0.6 is 0 Å². The van der Waals surface area contributed by atoms with Crippen molar-refractivity contribution >= 4 is 15.7 Å². The van der Waals surface area contributed by atoms with E-state index in [1.165, 1.54) is 0 Å². The maximum Gasteiger partial charge on any atom is 0.221 e. The number of sulfone groups is 1. The van der Waals surface area contributed by atoms with Crippen LogP contribution in [0.4, 0.5) is 0 Å². The molecule has 17 heavy (non-hydrogen) atoms. The van der Waals surface area contributed by atoms with Crippen molar-refractivity contribution in [2.75, 3.05) is 18.1 Å². The van der Waals surface area contributed by atoms with Gasteiger partial charge in [-0.3, -0.25) is 4.79 Å². The summed E-state index contributed by atoms with van der Waals surface area (Å²) in [7, 11) is -2.99. The lowest BCUT2D eigenvalue weighted by molar-refractivity contribution is -0.123. The number of aliphatic hydroxyl groups excluding tert-OH is 1. The Hall–Kier alpha value is -0.660. The fraction of sp³-hybridized carbons (Fsp3) is 0.900. The van der Waals surface area contributed by atoms with Crippen molar-refractivity contribution in [3.63, 3.8) is 0 Å². The molecule has 6 nitrogen and oxygen atoms in total. The molecule has 3 N–H and O–H groups in total. The number of rotatable bonds is 3. The second kappa shape index (κ2) is 4.91. The summed E-state index contributed by atoms with van der Waals surface area (Å²) in [5, 5.41) is 14.9. The van der Waals surface area contributed by atoms with E-state index in [2.05, 4.69) is 10.6 Å². The second-order valence-corrected chi connectivity index (χ2v) is 7.09. The predicted octanol–water partition coefficient (Wildman–Crippen LogP) is -1.60. The smallest absolute Gasteiger partial charge is 0.221 e. The number of carbonyl (C=O) groups is 1. The van der Waals surface area contributed by atoms with Crippen molar-refractivity contribution < 1.29 is 18.3 Å². The highest BCUT2D eigenvalue weighted by molar-refractivity contribution is 7.91. The van der Waals surface area contributed by atoms with Crippen LogP contribution in [0.25, 0.3) is 0 Å². The van der Waals surface area contributed by atoms with Gasteiger partial charge in [0.25, 0.3) is 0 Å². The van der Waals surface area contributed by atoms with Crippen LogP contribution in [0.1, 0.15) is 19.3 Å². The molecule has 1 saturated heterocycles. The maximum absolute atomic E-state index is 11.6. The molecule has 1 atom stereocenters. The number of nitrogens with one attached hydrogen (secondary N) is 2. The minimum atomic E-state index is -2.99. The molecule has 0 aromatic carbocycles. The van der Waals surface area contributed by atoms with E-state index in [4.69, 9.17) is 5.11 Å². The molecule has 0 bridgehead atoms. The van der Waals surface area contributed by atoms with E-state index in [0.717, 1.165) is 0 Å². The van der Waals surface area contributed by atoms with Crippen molar-refractivity contribution in [1.82, 2.24) is 10.6 Å². The van der Waals surface area contributed by atoms with Crippen LogP contribution in [0.2, 0.25) is 0 Å². The van der Waals surface area contributed by atoms with Crippen LogP contribution in [-0.4, -0.2) is 55.7 Å². The third kappa shape index (κ3) is 3.65. The number of hydrogen-bond donors (Lipinski definition) is 3. The van der Waals surface area contributed by atoms with Gasteiger partial charge in [0, 0.05) is 25.0 Å². The lowest BCUT2D eigenvalue weighted by Gasteiger charge is -2.32. The topological polar surface area (TPSA) is 95.5 Å². The van der Waals surface area contributed by atoms with E-state index < -0.39 is 9.84 Å². The van der Waals surface area contributed by atoms with Gasteiger partial charge in [-0.05, 0) is 12.8 Å². The molecule has 0 radical (unpaired) electrons. The normalized spacial score (nSPS) is 35.9. The van der Waals surface area contributed by atoms with Crippen LogP contribution in [0.15, 0.2) is 0 Å². The average Bonchev–Trinajstić information content (AvgIpc) is 2.13. The Labute approximate surface area is 101 Å². The quantitative estimate of drug-likeness (QED) is 0.569. The molecule has 98 valence electrons. The van der Waals surface area contributed by atoms with Gasteiger partial charge in [-0.15, -0.1) is 0 Å². The molecule has 0 aromatic rings. The van der Waals surface area contributed by atoms with Gasteiger partial charge < -0.3 is 15.7 Å². The zero-order valence-corrected chi connectivity index (χ0v) is 10.4. The highest BCUT2D eigenvalue weighted by Crippen LogP contribution is 2.19. The number of carbonyl (C=O) groups excluding carboxylic acids is 1. The van der Waals surface area contributed by atoms with Gasteiger partial charge in [-0.2, -0.15) is 0 Å². The summed E-state index contributed by atoms with van der Waals surface area (Å²) in [6.07, 6.45) is 1.09. The maximum atomic E-state index is 11.6. The van der Waals surface area contributed by atoms with E-state index in [0.29, 0.717) is 19.4 Å². The number of amides is 1. The number of aliphatic hydroxyl groups is 1. The Morgan fingerprint density at radius 3 is 2.71 bits per heavy atom. The molecule has 1 unspecified atom stereocenters. The lowest BCUT2D eigenvalue weighted by atomic mass is 9.89. The predicted molar refractivity (Wildman–Crippen MR) is 62.2 cm³/mol. The van der Waals surface area contributed by atoms with E-state index in [9.17, 15) is 13.2 Å². The molecule has 2 fully saturated rings. The zero-order chi connectivity index (χ0) is 12.5. The van der Waals surface area contributed by atoms with Crippen LogP contribution < -0.4 is 10.6 Å². The first-order valence-electron chi connectivity index (χ1n) is 5.86. The molecule has 0 aromatic heterocycles. The van der Waals surface area contributed by atoms with Crippen LogP contribution in [0.5, 0.6) is 0 Å². The van der Waals surface area contributed by atoms with Crippen molar-refractivity contribution in [2.45, 2.75) is 37.5 Å². The summed E-state index contributed by atoms with van der Waals surface area (Å²) in [6, 6.07) is -0.226. The summed E-state index contributed by atoms with van der Waals surface area (Å²) in [6.45, 7) is 0.419. The van der Waals surface area contributed by atoms with Gasteiger partial charge >= 0.3 is 0 Å². The third-order valence-corrected chi connectivity index (χ3v) is 4.95. The van der Waals surface area contributed by atoms with Gasteiger partial charge in [-0.1, -0.05) is 0 Å². The fourth-order valence-corrected chi connectivity index (χ4v) is 3.66. The molecular formula is C10H18N2O4S. The van der Waals surface area contributed by atoms with Gasteiger partial charge in [0.1, 0.15) is 0 Å². The van der Waals surface area contributed by atoms with Gasteiger partial charge in [0.15, 0.2) is 9.84 Å². The first-order valence-corrected chi connectivity index (χ1v) is 7.68. The Bertz CT molecular complexity index is 389. The summed E-state index contributed by atoms with van der Waals surface area (Å²) >= 11 is 0. The summed E-state index contributed by atoms with van der Waals surface area (Å²) in [5.74, 6) is 0.0460. The van der Waals surface area contributed by atoms with Crippen molar-refractivity contribution in [3.05, 3.63) is 0 Å². The Morgan fingerprint density at radius 1 is 1.41 bits per heavy atom. The van der Waals surface area contributed by atoms with E-state index in [1.54, 1.807) is 0 Å². The van der Waals surface area contributed by atoms with Crippen LogP contribution in [-0.2, 0) is 14.6 Å². The SMILES string of the molecule is O=C(CC1CS(=O)(=O)CCN1)NC1CC(O)C1. The Balaban J connectivity index is 1.74.